The van der Waals surface area contributed by atoms with E-state index in [-0.39, 0.29) is 11.1 Å². The summed E-state index contributed by atoms with van der Waals surface area (Å²) in [6, 6.07) is 1.59. The lowest BCUT2D eigenvalue weighted by molar-refractivity contribution is 0.358. The maximum Gasteiger partial charge on any atom is 0.224 e. The average Bonchev–Trinajstić information content (AvgIpc) is 2.29. The van der Waals surface area contributed by atoms with Crippen LogP contribution in [0.5, 0.6) is 11.5 Å². The quantitative estimate of drug-likeness (QED) is 0.852. The molecule has 0 amide bonds. The van der Waals surface area contributed by atoms with Gasteiger partial charge >= 0.3 is 0 Å². The number of methoxy groups -OCH3 is 2. The molecule has 0 aliphatic rings. The van der Waals surface area contributed by atoms with Crippen LogP contribution in [-0.2, 0) is 0 Å². The Kier molecular flexibility index (Phi) is 3.13. The average molecular weight is 274 g/mol. The molecule has 0 saturated carbocycles. The smallest absolute Gasteiger partial charge is 0.224 e. The zero-order chi connectivity index (χ0) is 12.6. The Morgan fingerprint density at radius 1 is 1.18 bits per heavy atom. The number of nitrogens with zero attached hydrogens (tertiary/aromatic N) is 2. The Balaban J connectivity index is 2.95. The third-order valence-electron chi connectivity index (χ3n) is 2.27. The van der Waals surface area contributed by atoms with Gasteiger partial charge in [-0.15, -0.1) is 0 Å². The van der Waals surface area contributed by atoms with Gasteiger partial charge in [-0.1, -0.05) is 11.6 Å². The van der Waals surface area contributed by atoms with Gasteiger partial charge < -0.3 is 15.2 Å². The molecule has 17 heavy (non-hydrogen) atoms. The number of ether oxygens (including phenoxy) is 2. The molecule has 1 aromatic carbocycles. The number of anilines is 1. The molecule has 90 valence electrons. The summed E-state index contributed by atoms with van der Waals surface area (Å²) in [5.41, 5.74) is 6.23. The third kappa shape index (κ3) is 1.92. The van der Waals surface area contributed by atoms with Crippen molar-refractivity contribution in [2.45, 2.75) is 0 Å². The van der Waals surface area contributed by atoms with Gasteiger partial charge in [0.05, 0.1) is 30.1 Å². The van der Waals surface area contributed by atoms with Crippen LogP contribution in [0.3, 0.4) is 0 Å². The highest BCUT2D eigenvalue weighted by atomic mass is 35.5. The second-order valence-electron chi connectivity index (χ2n) is 3.20. The van der Waals surface area contributed by atoms with E-state index in [1.165, 1.54) is 14.2 Å². The van der Waals surface area contributed by atoms with Gasteiger partial charge in [0.25, 0.3) is 0 Å². The van der Waals surface area contributed by atoms with Gasteiger partial charge in [-0.05, 0) is 11.6 Å². The van der Waals surface area contributed by atoms with Crippen molar-refractivity contribution in [1.29, 1.82) is 0 Å². The molecular formula is C10H9Cl2N3O2. The molecule has 0 atom stereocenters. The zero-order valence-corrected chi connectivity index (χ0v) is 10.6. The van der Waals surface area contributed by atoms with E-state index in [4.69, 9.17) is 38.4 Å². The van der Waals surface area contributed by atoms with Crippen molar-refractivity contribution >= 4 is 39.9 Å². The summed E-state index contributed by atoms with van der Waals surface area (Å²) in [4.78, 5) is 7.89. The molecule has 7 heteroatoms. The Morgan fingerprint density at radius 2 is 1.88 bits per heavy atom. The number of fused-ring (bicyclic) bond motifs is 1. The molecule has 0 saturated heterocycles. The molecule has 0 radical (unpaired) electrons. The fourth-order valence-electron chi connectivity index (χ4n) is 1.57. The summed E-state index contributed by atoms with van der Waals surface area (Å²) in [5.74, 6) is 1.08. The minimum Gasteiger partial charge on any atom is -0.493 e. The van der Waals surface area contributed by atoms with Crippen LogP contribution in [0.15, 0.2) is 6.07 Å². The highest BCUT2D eigenvalue weighted by Gasteiger charge is 2.17. The van der Waals surface area contributed by atoms with Crippen molar-refractivity contribution in [2.24, 2.45) is 0 Å². The van der Waals surface area contributed by atoms with Gasteiger partial charge in [0.15, 0.2) is 11.5 Å². The van der Waals surface area contributed by atoms with Gasteiger partial charge in [0.2, 0.25) is 5.28 Å². The van der Waals surface area contributed by atoms with E-state index >= 15 is 0 Å². The lowest BCUT2D eigenvalue weighted by atomic mass is 10.2. The number of rotatable bonds is 2. The SMILES string of the molecule is COc1cc(Cl)c2nc(Cl)nc(N)c2c1OC. The lowest BCUT2D eigenvalue weighted by Crippen LogP contribution is -2.00. The Hall–Kier alpha value is -1.46. The molecule has 0 spiro atoms. The van der Waals surface area contributed by atoms with Crippen molar-refractivity contribution in [3.05, 3.63) is 16.4 Å². The van der Waals surface area contributed by atoms with E-state index in [0.29, 0.717) is 27.4 Å². The largest absolute Gasteiger partial charge is 0.493 e. The third-order valence-corrected chi connectivity index (χ3v) is 2.73. The Labute approximate surface area is 107 Å². The van der Waals surface area contributed by atoms with E-state index in [2.05, 4.69) is 9.97 Å². The first kappa shape index (κ1) is 12.0. The van der Waals surface area contributed by atoms with Crippen LogP contribution >= 0.6 is 23.2 Å². The number of hydrogen-bond donors (Lipinski definition) is 1. The molecule has 2 aromatic rings. The second kappa shape index (κ2) is 4.43. The molecule has 0 fully saturated rings. The Bertz CT molecular complexity index is 590. The van der Waals surface area contributed by atoms with Crippen molar-refractivity contribution in [3.63, 3.8) is 0 Å². The van der Waals surface area contributed by atoms with Crippen molar-refractivity contribution in [1.82, 2.24) is 9.97 Å². The highest BCUT2D eigenvalue weighted by Crippen LogP contribution is 2.41. The summed E-state index contributed by atoms with van der Waals surface area (Å²) < 4.78 is 10.4. The first-order valence-corrected chi connectivity index (χ1v) is 5.37. The fourth-order valence-corrected chi connectivity index (χ4v) is 1.98. The molecule has 0 bridgehead atoms. The maximum absolute atomic E-state index is 6.07. The van der Waals surface area contributed by atoms with Gasteiger partial charge in [-0.2, -0.15) is 0 Å². The van der Waals surface area contributed by atoms with Crippen LogP contribution in [-0.4, -0.2) is 24.2 Å². The molecule has 1 aromatic heterocycles. The molecule has 2 N–H and O–H groups in total. The minimum atomic E-state index is 0.0316. The van der Waals surface area contributed by atoms with Gasteiger partial charge in [-0.25, -0.2) is 9.97 Å². The molecule has 0 aliphatic heterocycles. The molecule has 1 heterocycles. The standard InChI is InChI=1S/C10H9Cl2N3O2/c1-16-5-3-4(11)7-6(8(5)17-2)9(13)15-10(12)14-7/h3H,1-2H3,(H2,13,14,15). The number of nitrogen functional groups attached to an aromatic ring is 1. The van der Waals surface area contributed by atoms with Crippen molar-refractivity contribution in [3.8, 4) is 11.5 Å². The summed E-state index contributed by atoms with van der Waals surface area (Å²) in [5, 5.41) is 0.888. The number of nitrogens with two attached hydrogens (primary N) is 1. The molecular weight excluding hydrogens is 265 g/mol. The second-order valence-corrected chi connectivity index (χ2v) is 3.94. The van der Waals surface area contributed by atoms with E-state index in [1.54, 1.807) is 6.07 Å². The maximum atomic E-state index is 6.07. The van der Waals surface area contributed by atoms with E-state index in [0.717, 1.165) is 0 Å². The minimum absolute atomic E-state index is 0.0316. The van der Waals surface area contributed by atoms with Crippen LogP contribution in [0.2, 0.25) is 10.3 Å². The van der Waals surface area contributed by atoms with Crippen LogP contribution in [0.4, 0.5) is 5.82 Å². The topological polar surface area (TPSA) is 70.3 Å². The predicted octanol–water partition coefficient (Wildman–Crippen LogP) is 2.54. The summed E-state index contributed by atoms with van der Waals surface area (Å²) >= 11 is 11.8. The number of hydrogen-bond acceptors (Lipinski definition) is 5. The number of aromatic nitrogens is 2. The van der Waals surface area contributed by atoms with Crippen LogP contribution < -0.4 is 15.2 Å². The van der Waals surface area contributed by atoms with E-state index < -0.39 is 0 Å². The van der Waals surface area contributed by atoms with E-state index in [1.807, 2.05) is 0 Å². The van der Waals surface area contributed by atoms with Crippen molar-refractivity contribution < 1.29 is 9.47 Å². The van der Waals surface area contributed by atoms with E-state index in [9.17, 15) is 0 Å². The van der Waals surface area contributed by atoms with Crippen molar-refractivity contribution in [2.75, 3.05) is 20.0 Å². The fraction of sp³-hybridized carbons (Fsp3) is 0.200. The number of halogens is 2. The molecule has 5 nitrogen and oxygen atoms in total. The van der Waals surface area contributed by atoms with Crippen LogP contribution in [0.1, 0.15) is 0 Å². The molecule has 2 rings (SSSR count). The number of benzene rings is 1. The van der Waals surface area contributed by atoms with Crippen LogP contribution in [0, 0.1) is 0 Å². The summed E-state index contributed by atoms with van der Waals surface area (Å²) in [6.45, 7) is 0. The molecule has 0 unspecified atom stereocenters. The molecule has 0 aliphatic carbocycles. The van der Waals surface area contributed by atoms with Gasteiger partial charge in [-0.3, -0.25) is 0 Å². The van der Waals surface area contributed by atoms with Crippen LogP contribution in [0.25, 0.3) is 10.9 Å². The summed E-state index contributed by atoms with van der Waals surface area (Å²) in [6.07, 6.45) is 0. The Morgan fingerprint density at radius 3 is 2.47 bits per heavy atom. The van der Waals surface area contributed by atoms with Gasteiger partial charge in [0.1, 0.15) is 5.82 Å². The highest BCUT2D eigenvalue weighted by molar-refractivity contribution is 6.36. The first-order valence-electron chi connectivity index (χ1n) is 4.61. The monoisotopic (exact) mass is 273 g/mol. The summed E-state index contributed by atoms with van der Waals surface area (Å²) in [7, 11) is 3.01. The normalized spacial score (nSPS) is 10.6. The zero-order valence-electron chi connectivity index (χ0n) is 9.12. The predicted molar refractivity (Wildman–Crippen MR) is 67.1 cm³/mol. The first-order chi connectivity index (χ1) is 8.08. The van der Waals surface area contributed by atoms with Gasteiger partial charge in [0, 0.05) is 6.07 Å². The lowest BCUT2D eigenvalue weighted by Gasteiger charge is -2.12.